The molecule has 6 nitrogen and oxygen atoms in total. The van der Waals surface area contributed by atoms with Crippen LogP contribution < -0.4 is 10.3 Å². The maximum Gasteiger partial charge on any atom is 0.300 e. The molecular formula is C18H12ClN3O3S. The van der Waals surface area contributed by atoms with E-state index >= 15 is 0 Å². The third-order valence-corrected chi connectivity index (χ3v) is 4.95. The van der Waals surface area contributed by atoms with Gasteiger partial charge in [0.2, 0.25) is 4.96 Å². The summed E-state index contributed by atoms with van der Waals surface area (Å²) in [5, 5.41) is 17.1. The van der Waals surface area contributed by atoms with E-state index in [0.29, 0.717) is 32.6 Å². The second-order valence-corrected chi connectivity index (χ2v) is 6.74. The van der Waals surface area contributed by atoms with Gasteiger partial charge in [-0.05, 0) is 24.3 Å². The van der Waals surface area contributed by atoms with E-state index in [2.05, 4.69) is 10.1 Å². The van der Waals surface area contributed by atoms with Crippen LogP contribution in [0.25, 0.3) is 27.5 Å². The third kappa shape index (κ3) is 2.81. The summed E-state index contributed by atoms with van der Waals surface area (Å²) in [6.07, 6.45) is 0. The molecule has 0 aliphatic heterocycles. The van der Waals surface area contributed by atoms with Crippen LogP contribution >= 0.6 is 22.9 Å². The highest BCUT2D eigenvalue weighted by molar-refractivity contribution is 7.15. The van der Waals surface area contributed by atoms with Crippen LogP contribution in [0.1, 0.15) is 0 Å². The molecule has 0 radical (unpaired) electrons. The van der Waals surface area contributed by atoms with Crippen molar-refractivity contribution in [3.05, 3.63) is 63.2 Å². The normalized spacial score (nSPS) is 11.0. The zero-order valence-electron chi connectivity index (χ0n) is 13.5. The molecule has 0 spiro atoms. The minimum Gasteiger partial charge on any atom is -0.507 e. The van der Waals surface area contributed by atoms with E-state index in [1.807, 2.05) is 0 Å². The van der Waals surface area contributed by atoms with Crippen molar-refractivity contribution in [1.29, 1.82) is 0 Å². The van der Waals surface area contributed by atoms with E-state index in [9.17, 15) is 9.90 Å². The SMILES string of the molecule is COc1ccc(-c2csc3nc(=O)c(-c4ccc(Cl)cc4)nn23)c(O)c1. The molecule has 0 saturated carbocycles. The number of thiazole rings is 1. The Morgan fingerprint density at radius 3 is 2.65 bits per heavy atom. The predicted octanol–water partition coefficient (Wildman–Crippen LogP) is 3.85. The average Bonchev–Trinajstić information content (AvgIpc) is 3.04. The summed E-state index contributed by atoms with van der Waals surface area (Å²) >= 11 is 7.18. The Labute approximate surface area is 156 Å². The lowest BCUT2D eigenvalue weighted by molar-refractivity contribution is 0.408. The number of phenolic OH excluding ortho intramolecular Hbond substituents is 1. The first kappa shape index (κ1) is 16.6. The highest BCUT2D eigenvalue weighted by Crippen LogP contribution is 2.34. The second-order valence-electron chi connectivity index (χ2n) is 5.47. The van der Waals surface area contributed by atoms with Gasteiger partial charge >= 0.3 is 5.56 Å². The molecule has 0 fully saturated rings. The van der Waals surface area contributed by atoms with Gasteiger partial charge in [-0.3, -0.25) is 4.79 Å². The molecule has 2 aromatic heterocycles. The maximum atomic E-state index is 12.3. The fraction of sp³-hybridized carbons (Fsp3) is 0.0556. The Morgan fingerprint density at radius 2 is 1.96 bits per heavy atom. The van der Waals surface area contributed by atoms with Gasteiger partial charge in [0.1, 0.15) is 11.5 Å². The van der Waals surface area contributed by atoms with E-state index in [-0.39, 0.29) is 11.4 Å². The van der Waals surface area contributed by atoms with Gasteiger partial charge in [0.15, 0.2) is 5.69 Å². The number of methoxy groups -OCH3 is 1. The molecular weight excluding hydrogens is 374 g/mol. The Kier molecular flexibility index (Phi) is 4.10. The molecule has 4 rings (SSSR count). The van der Waals surface area contributed by atoms with Crippen LogP contribution in [0.2, 0.25) is 5.02 Å². The molecule has 2 aromatic carbocycles. The van der Waals surface area contributed by atoms with Crippen molar-refractivity contribution in [2.45, 2.75) is 0 Å². The number of aromatic hydroxyl groups is 1. The van der Waals surface area contributed by atoms with E-state index < -0.39 is 5.56 Å². The van der Waals surface area contributed by atoms with Gasteiger partial charge in [-0.15, -0.1) is 11.3 Å². The molecule has 1 N–H and O–H groups in total. The molecule has 0 saturated heterocycles. The van der Waals surface area contributed by atoms with Gasteiger partial charge in [-0.1, -0.05) is 23.7 Å². The third-order valence-electron chi connectivity index (χ3n) is 3.88. The lowest BCUT2D eigenvalue weighted by Gasteiger charge is -2.07. The molecule has 0 bridgehead atoms. The molecule has 0 atom stereocenters. The number of benzene rings is 2. The van der Waals surface area contributed by atoms with Crippen LogP contribution in [-0.2, 0) is 0 Å². The minimum absolute atomic E-state index is 0.0533. The monoisotopic (exact) mass is 385 g/mol. The highest BCUT2D eigenvalue weighted by Gasteiger charge is 2.16. The van der Waals surface area contributed by atoms with Crippen molar-refractivity contribution in [2.75, 3.05) is 7.11 Å². The van der Waals surface area contributed by atoms with Crippen molar-refractivity contribution in [2.24, 2.45) is 0 Å². The van der Waals surface area contributed by atoms with Crippen molar-refractivity contribution in [3.8, 4) is 34.0 Å². The van der Waals surface area contributed by atoms with Gasteiger partial charge in [-0.25, -0.2) is 4.52 Å². The van der Waals surface area contributed by atoms with Crippen LogP contribution in [0.4, 0.5) is 0 Å². The van der Waals surface area contributed by atoms with Crippen LogP contribution in [0.3, 0.4) is 0 Å². The summed E-state index contributed by atoms with van der Waals surface area (Å²) in [5.41, 5.74) is 1.62. The Bertz CT molecular complexity index is 1170. The van der Waals surface area contributed by atoms with Crippen molar-refractivity contribution >= 4 is 27.9 Å². The first-order chi connectivity index (χ1) is 12.6. The molecule has 0 unspecified atom stereocenters. The molecule has 0 aliphatic rings. The minimum atomic E-state index is -0.417. The smallest absolute Gasteiger partial charge is 0.300 e. The van der Waals surface area contributed by atoms with E-state index in [4.69, 9.17) is 16.3 Å². The summed E-state index contributed by atoms with van der Waals surface area (Å²) < 4.78 is 6.67. The molecule has 8 heteroatoms. The summed E-state index contributed by atoms with van der Waals surface area (Å²) in [7, 11) is 1.53. The molecule has 130 valence electrons. The van der Waals surface area contributed by atoms with E-state index in [1.165, 1.54) is 24.5 Å². The fourth-order valence-electron chi connectivity index (χ4n) is 2.59. The maximum absolute atomic E-state index is 12.3. The van der Waals surface area contributed by atoms with Crippen LogP contribution in [0.15, 0.2) is 52.6 Å². The Hall–Kier alpha value is -2.90. The highest BCUT2D eigenvalue weighted by atomic mass is 35.5. The van der Waals surface area contributed by atoms with Gasteiger partial charge in [0.05, 0.1) is 12.8 Å². The molecule has 26 heavy (non-hydrogen) atoms. The van der Waals surface area contributed by atoms with E-state index in [1.54, 1.807) is 46.3 Å². The quantitative estimate of drug-likeness (QED) is 0.579. The number of rotatable bonds is 3. The van der Waals surface area contributed by atoms with Gasteiger partial charge < -0.3 is 9.84 Å². The molecule has 2 heterocycles. The van der Waals surface area contributed by atoms with Crippen molar-refractivity contribution in [1.82, 2.24) is 14.6 Å². The molecule has 4 aromatic rings. The van der Waals surface area contributed by atoms with Crippen LogP contribution in [0, 0.1) is 0 Å². The standard InChI is InChI=1S/C18H12ClN3O3S/c1-25-12-6-7-13(15(23)8-12)14-9-26-18-20-17(24)16(21-22(14)18)10-2-4-11(19)5-3-10/h2-9,23H,1H3. The van der Waals surface area contributed by atoms with Gasteiger partial charge in [-0.2, -0.15) is 10.1 Å². The van der Waals surface area contributed by atoms with E-state index in [0.717, 1.165) is 0 Å². The number of fused-ring (bicyclic) bond motifs is 1. The lowest BCUT2D eigenvalue weighted by atomic mass is 10.1. The number of hydrogen-bond acceptors (Lipinski definition) is 6. The Morgan fingerprint density at radius 1 is 1.19 bits per heavy atom. The number of ether oxygens (including phenoxy) is 1. The topological polar surface area (TPSA) is 76.7 Å². The van der Waals surface area contributed by atoms with Crippen LogP contribution in [0.5, 0.6) is 11.5 Å². The fourth-order valence-corrected chi connectivity index (χ4v) is 3.53. The van der Waals surface area contributed by atoms with Crippen molar-refractivity contribution in [3.63, 3.8) is 0 Å². The first-order valence-electron chi connectivity index (χ1n) is 7.59. The lowest BCUT2D eigenvalue weighted by Crippen LogP contribution is -2.14. The van der Waals surface area contributed by atoms with Gasteiger partial charge in [0, 0.05) is 27.6 Å². The summed E-state index contributed by atoms with van der Waals surface area (Å²) in [4.78, 5) is 16.9. The zero-order valence-corrected chi connectivity index (χ0v) is 15.1. The number of phenols is 1. The average molecular weight is 386 g/mol. The summed E-state index contributed by atoms with van der Waals surface area (Å²) in [6, 6.07) is 11.8. The number of aromatic nitrogens is 3. The Balaban J connectivity index is 1.91. The largest absolute Gasteiger partial charge is 0.507 e. The zero-order chi connectivity index (χ0) is 18.3. The predicted molar refractivity (Wildman–Crippen MR) is 101 cm³/mol. The first-order valence-corrected chi connectivity index (χ1v) is 8.84. The summed E-state index contributed by atoms with van der Waals surface area (Å²) in [6.45, 7) is 0. The van der Waals surface area contributed by atoms with Crippen molar-refractivity contribution < 1.29 is 9.84 Å². The number of hydrogen-bond donors (Lipinski definition) is 1. The molecule has 0 aliphatic carbocycles. The number of halogens is 1. The van der Waals surface area contributed by atoms with Crippen LogP contribution in [-0.4, -0.2) is 26.8 Å². The molecule has 0 amide bonds. The number of nitrogens with zero attached hydrogens (tertiary/aromatic N) is 3. The van der Waals surface area contributed by atoms with Gasteiger partial charge in [0.25, 0.3) is 0 Å². The second kappa shape index (κ2) is 6.44. The summed E-state index contributed by atoms with van der Waals surface area (Å²) in [5.74, 6) is 0.600.